The molecular weight excluding hydrogens is 306 g/mol. The van der Waals surface area contributed by atoms with E-state index in [1.54, 1.807) is 35.4 Å². The average molecular weight is 323 g/mol. The molecule has 6 heteroatoms. The highest BCUT2D eigenvalue weighted by atomic mass is 16.5. The normalized spacial score (nSPS) is 9.83. The maximum Gasteiger partial charge on any atom is 0.337 e. The van der Waals surface area contributed by atoms with Crippen molar-refractivity contribution in [3.8, 4) is 6.07 Å². The van der Waals surface area contributed by atoms with Gasteiger partial charge in [-0.3, -0.25) is 9.78 Å². The lowest BCUT2D eigenvalue weighted by Crippen LogP contribution is -2.32. The number of nitrogens with zero attached hydrogens (tertiary/aromatic N) is 3. The molecule has 1 aromatic carbocycles. The van der Waals surface area contributed by atoms with E-state index in [0.717, 1.165) is 5.69 Å². The van der Waals surface area contributed by atoms with Crippen LogP contribution in [0.15, 0.2) is 48.7 Å². The quantitative estimate of drug-likeness (QED) is 0.762. The fourth-order valence-corrected chi connectivity index (χ4v) is 2.20. The second-order valence-electron chi connectivity index (χ2n) is 5.03. The molecule has 0 N–H and O–H groups in total. The highest BCUT2D eigenvalue weighted by Crippen LogP contribution is 2.12. The van der Waals surface area contributed by atoms with Gasteiger partial charge in [0.25, 0.3) is 5.91 Å². The molecule has 0 spiro atoms. The summed E-state index contributed by atoms with van der Waals surface area (Å²) in [6, 6.07) is 13.8. The van der Waals surface area contributed by atoms with E-state index in [-0.39, 0.29) is 18.9 Å². The van der Waals surface area contributed by atoms with Crippen LogP contribution >= 0.6 is 0 Å². The maximum atomic E-state index is 12.8. The lowest BCUT2D eigenvalue weighted by atomic mass is 10.1. The third kappa shape index (κ3) is 4.40. The molecule has 24 heavy (non-hydrogen) atoms. The Kier molecular flexibility index (Phi) is 6.03. The first-order valence-electron chi connectivity index (χ1n) is 7.40. The van der Waals surface area contributed by atoms with Crippen molar-refractivity contribution in [2.75, 3.05) is 13.7 Å². The topological polar surface area (TPSA) is 83.3 Å². The number of rotatable bonds is 6. The van der Waals surface area contributed by atoms with Crippen LogP contribution in [0.4, 0.5) is 0 Å². The van der Waals surface area contributed by atoms with Crippen molar-refractivity contribution >= 4 is 11.9 Å². The molecule has 6 nitrogen and oxygen atoms in total. The first-order chi connectivity index (χ1) is 11.7. The zero-order valence-corrected chi connectivity index (χ0v) is 13.3. The zero-order chi connectivity index (χ0) is 17.4. The molecule has 2 aromatic rings. The van der Waals surface area contributed by atoms with Gasteiger partial charge in [-0.25, -0.2) is 4.79 Å². The largest absolute Gasteiger partial charge is 0.465 e. The summed E-state index contributed by atoms with van der Waals surface area (Å²) in [5, 5.41) is 8.82. The SMILES string of the molecule is COC(=O)c1cccc(C(=O)N(CCC#N)Cc2ccccn2)c1. The highest BCUT2D eigenvalue weighted by Gasteiger charge is 2.18. The van der Waals surface area contributed by atoms with Crippen molar-refractivity contribution < 1.29 is 14.3 Å². The maximum absolute atomic E-state index is 12.8. The number of nitriles is 1. The minimum absolute atomic E-state index is 0.218. The number of hydrogen-bond donors (Lipinski definition) is 0. The third-order valence-corrected chi connectivity index (χ3v) is 3.39. The van der Waals surface area contributed by atoms with E-state index in [1.165, 1.54) is 13.2 Å². The van der Waals surface area contributed by atoms with Crippen molar-refractivity contribution in [1.82, 2.24) is 9.88 Å². The first kappa shape index (κ1) is 17.2. The summed E-state index contributed by atoms with van der Waals surface area (Å²) in [6.07, 6.45) is 1.87. The van der Waals surface area contributed by atoms with E-state index in [9.17, 15) is 9.59 Å². The lowest BCUT2D eigenvalue weighted by molar-refractivity contribution is 0.0600. The number of carbonyl (C=O) groups is 2. The van der Waals surface area contributed by atoms with Crippen LogP contribution < -0.4 is 0 Å². The standard InChI is InChI=1S/C18H17N3O3/c1-24-18(23)15-7-4-6-14(12-15)17(22)21(11-5-9-19)13-16-8-2-3-10-20-16/h2-4,6-8,10,12H,5,11,13H2,1H3. The summed E-state index contributed by atoms with van der Waals surface area (Å²) in [5.41, 5.74) is 1.40. The molecule has 0 aliphatic rings. The number of pyridine rings is 1. The predicted octanol–water partition coefficient (Wildman–Crippen LogP) is 2.42. The van der Waals surface area contributed by atoms with Crippen LogP contribution in [0.3, 0.4) is 0 Å². The van der Waals surface area contributed by atoms with Crippen molar-refractivity contribution in [1.29, 1.82) is 5.26 Å². The third-order valence-electron chi connectivity index (χ3n) is 3.39. The molecule has 0 aliphatic heterocycles. The summed E-state index contributed by atoms with van der Waals surface area (Å²) < 4.78 is 4.68. The number of methoxy groups -OCH3 is 1. The summed E-state index contributed by atoms with van der Waals surface area (Å²) in [4.78, 5) is 30.1. The second kappa shape index (κ2) is 8.44. The van der Waals surface area contributed by atoms with Crippen LogP contribution in [0.25, 0.3) is 0 Å². The van der Waals surface area contributed by atoms with Crippen molar-refractivity contribution in [2.45, 2.75) is 13.0 Å². The minimum atomic E-state index is -0.502. The van der Waals surface area contributed by atoms with Gasteiger partial charge in [-0.1, -0.05) is 12.1 Å². The van der Waals surface area contributed by atoms with Crippen molar-refractivity contribution in [3.63, 3.8) is 0 Å². The van der Waals surface area contributed by atoms with Gasteiger partial charge in [0.2, 0.25) is 0 Å². The molecule has 1 aromatic heterocycles. The second-order valence-corrected chi connectivity index (χ2v) is 5.03. The molecular formula is C18H17N3O3. The van der Waals surface area contributed by atoms with E-state index in [2.05, 4.69) is 9.72 Å². The number of hydrogen-bond acceptors (Lipinski definition) is 5. The van der Waals surface area contributed by atoms with E-state index in [4.69, 9.17) is 5.26 Å². The van der Waals surface area contributed by atoms with Crippen LogP contribution in [-0.2, 0) is 11.3 Å². The van der Waals surface area contributed by atoms with Crippen LogP contribution in [0.1, 0.15) is 32.8 Å². The van der Waals surface area contributed by atoms with Gasteiger partial charge >= 0.3 is 5.97 Å². The van der Waals surface area contributed by atoms with Gasteiger partial charge in [0.1, 0.15) is 0 Å². The van der Waals surface area contributed by atoms with Gasteiger partial charge in [-0.05, 0) is 30.3 Å². The van der Waals surface area contributed by atoms with Crippen LogP contribution in [0.2, 0.25) is 0 Å². The van der Waals surface area contributed by atoms with Crippen molar-refractivity contribution in [3.05, 3.63) is 65.5 Å². The summed E-state index contributed by atoms with van der Waals surface area (Å²) >= 11 is 0. The van der Waals surface area contributed by atoms with Gasteiger partial charge in [-0.15, -0.1) is 0 Å². The van der Waals surface area contributed by atoms with E-state index in [0.29, 0.717) is 17.7 Å². The molecule has 0 saturated heterocycles. The molecule has 0 atom stereocenters. The number of carbonyl (C=O) groups excluding carboxylic acids is 2. The molecule has 0 saturated carbocycles. The van der Waals surface area contributed by atoms with Crippen LogP contribution in [0.5, 0.6) is 0 Å². The number of esters is 1. The molecule has 122 valence electrons. The Morgan fingerprint density at radius 2 is 2.00 bits per heavy atom. The van der Waals surface area contributed by atoms with Gasteiger partial charge in [0.15, 0.2) is 0 Å². The molecule has 0 fully saturated rings. The fourth-order valence-electron chi connectivity index (χ4n) is 2.20. The average Bonchev–Trinajstić information content (AvgIpc) is 2.64. The predicted molar refractivity (Wildman–Crippen MR) is 87.0 cm³/mol. The number of aromatic nitrogens is 1. The Morgan fingerprint density at radius 3 is 2.67 bits per heavy atom. The van der Waals surface area contributed by atoms with E-state index in [1.807, 2.05) is 18.2 Å². The lowest BCUT2D eigenvalue weighted by Gasteiger charge is -2.21. The Hall–Kier alpha value is -3.20. The Bertz CT molecular complexity index is 754. The minimum Gasteiger partial charge on any atom is -0.465 e. The van der Waals surface area contributed by atoms with E-state index < -0.39 is 5.97 Å². The van der Waals surface area contributed by atoms with Gasteiger partial charge in [0, 0.05) is 18.3 Å². The zero-order valence-electron chi connectivity index (χ0n) is 13.3. The number of amides is 1. The molecule has 2 rings (SSSR count). The molecule has 0 aliphatic carbocycles. The molecule has 0 radical (unpaired) electrons. The molecule has 1 amide bonds. The van der Waals surface area contributed by atoms with Crippen molar-refractivity contribution in [2.24, 2.45) is 0 Å². The fraction of sp³-hybridized carbons (Fsp3) is 0.222. The summed E-state index contributed by atoms with van der Waals surface area (Å²) in [6.45, 7) is 0.582. The Morgan fingerprint density at radius 1 is 1.21 bits per heavy atom. The summed E-state index contributed by atoms with van der Waals surface area (Å²) in [5.74, 6) is -0.764. The first-order valence-corrected chi connectivity index (χ1v) is 7.40. The molecule has 0 unspecified atom stereocenters. The van der Waals surface area contributed by atoms with Crippen LogP contribution in [0, 0.1) is 11.3 Å². The van der Waals surface area contributed by atoms with Gasteiger partial charge in [0.05, 0.1) is 37.4 Å². The van der Waals surface area contributed by atoms with E-state index >= 15 is 0 Å². The Balaban J connectivity index is 2.24. The van der Waals surface area contributed by atoms with Gasteiger partial charge in [-0.2, -0.15) is 5.26 Å². The smallest absolute Gasteiger partial charge is 0.337 e. The number of benzene rings is 1. The monoisotopic (exact) mass is 323 g/mol. The highest BCUT2D eigenvalue weighted by molar-refractivity contribution is 5.97. The van der Waals surface area contributed by atoms with Gasteiger partial charge < -0.3 is 9.64 Å². The summed E-state index contributed by atoms with van der Waals surface area (Å²) in [7, 11) is 1.29. The Labute approximate surface area is 140 Å². The number of ether oxygens (including phenoxy) is 1. The molecule has 1 heterocycles. The molecule has 0 bridgehead atoms. The van der Waals surface area contributed by atoms with Crippen LogP contribution in [-0.4, -0.2) is 35.4 Å².